The number of aryl methyl sites for hydroxylation is 1. The smallest absolute Gasteiger partial charge is 0.416 e. The lowest BCUT2D eigenvalue weighted by Gasteiger charge is -2.14. The Morgan fingerprint density at radius 1 is 1.12 bits per heavy atom. The van der Waals surface area contributed by atoms with Gasteiger partial charge < -0.3 is 14.4 Å². The molecule has 2 aromatic heterocycles. The number of nitrogens with zero attached hydrogens (tertiary/aromatic N) is 4. The summed E-state index contributed by atoms with van der Waals surface area (Å²) < 4.78 is 46.0. The lowest BCUT2D eigenvalue weighted by Crippen LogP contribution is -2.26. The fourth-order valence-corrected chi connectivity index (χ4v) is 3.85. The van der Waals surface area contributed by atoms with E-state index in [1.165, 1.54) is 16.9 Å². The van der Waals surface area contributed by atoms with E-state index in [2.05, 4.69) is 10.2 Å². The number of benzene rings is 2. The van der Waals surface area contributed by atoms with Crippen LogP contribution in [0.5, 0.6) is 5.75 Å². The minimum atomic E-state index is -4.40. The maximum absolute atomic E-state index is 12.8. The number of alkyl halides is 3. The molecule has 0 unspecified atom stereocenters. The lowest BCUT2D eigenvalue weighted by atomic mass is 10.2. The molecule has 33 heavy (non-hydrogen) atoms. The molecule has 0 bridgehead atoms. The number of halogens is 3. The zero-order chi connectivity index (χ0) is 23.4. The second-order valence-corrected chi connectivity index (χ2v) is 8.10. The second kappa shape index (κ2) is 7.36. The van der Waals surface area contributed by atoms with Crippen molar-refractivity contribution in [3.63, 3.8) is 0 Å². The monoisotopic (exact) mass is 456 g/mol. The zero-order valence-electron chi connectivity index (χ0n) is 17.5. The Hall–Kier alpha value is -3.82. The minimum Gasteiger partial charge on any atom is -0.487 e. The Morgan fingerprint density at radius 2 is 1.85 bits per heavy atom. The van der Waals surface area contributed by atoms with Crippen molar-refractivity contribution in [1.82, 2.24) is 19.6 Å². The summed E-state index contributed by atoms with van der Waals surface area (Å²) in [6.07, 6.45) is -1.40. The normalized spacial score (nSPS) is 15.0. The van der Waals surface area contributed by atoms with Gasteiger partial charge in [-0.3, -0.25) is 0 Å². The number of hydrogen-bond donors (Lipinski definition) is 1. The zero-order valence-corrected chi connectivity index (χ0v) is 17.5. The number of fused-ring (bicyclic) bond motifs is 1. The largest absolute Gasteiger partial charge is 0.487 e. The average Bonchev–Trinajstić information content (AvgIpc) is 3.35. The van der Waals surface area contributed by atoms with Gasteiger partial charge in [0.2, 0.25) is 0 Å². The third-order valence-corrected chi connectivity index (χ3v) is 5.92. The average molecular weight is 456 g/mol. The summed E-state index contributed by atoms with van der Waals surface area (Å²) in [5, 5.41) is 19.0. The molecule has 4 aromatic rings. The summed E-state index contributed by atoms with van der Waals surface area (Å²) in [6, 6.07) is 11.9. The van der Waals surface area contributed by atoms with Crippen LogP contribution in [0, 0.1) is 6.92 Å². The number of aromatic nitrogens is 4. The molecule has 10 heteroatoms. The minimum absolute atomic E-state index is 0.123. The molecule has 0 radical (unpaired) electrons. The van der Waals surface area contributed by atoms with E-state index in [4.69, 9.17) is 4.74 Å². The predicted octanol–water partition coefficient (Wildman–Crippen LogP) is 4.70. The van der Waals surface area contributed by atoms with Crippen molar-refractivity contribution >= 4 is 16.9 Å². The van der Waals surface area contributed by atoms with Crippen LogP contribution in [-0.2, 0) is 23.1 Å². The summed E-state index contributed by atoms with van der Waals surface area (Å²) in [6.45, 7) is 1.87. The maximum Gasteiger partial charge on any atom is 0.416 e. The number of carboxylic acid groups (broad SMARTS) is 1. The van der Waals surface area contributed by atoms with Gasteiger partial charge in [0.25, 0.3) is 0 Å². The number of rotatable bonds is 6. The molecule has 7 nitrogen and oxygen atoms in total. The van der Waals surface area contributed by atoms with Gasteiger partial charge in [0.15, 0.2) is 0 Å². The van der Waals surface area contributed by atoms with Gasteiger partial charge in [0, 0.05) is 17.1 Å². The van der Waals surface area contributed by atoms with Crippen LogP contribution in [0.2, 0.25) is 0 Å². The number of aliphatic carboxylic acids is 1. The highest BCUT2D eigenvalue weighted by Crippen LogP contribution is 2.46. The van der Waals surface area contributed by atoms with Crippen LogP contribution in [0.1, 0.15) is 29.8 Å². The first-order valence-corrected chi connectivity index (χ1v) is 10.3. The number of carboxylic acids is 1. The van der Waals surface area contributed by atoms with Crippen LogP contribution >= 0.6 is 0 Å². The van der Waals surface area contributed by atoms with Crippen LogP contribution in [-0.4, -0.2) is 30.6 Å². The summed E-state index contributed by atoms with van der Waals surface area (Å²) in [5.74, 6) is -0.240. The summed E-state index contributed by atoms with van der Waals surface area (Å²) in [5.41, 5.74) is 0.797. The van der Waals surface area contributed by atoms with E-state index in [0.717, 1.165) is 23.0 Å². The van der Waals surface area contributed by atoms with Gasteiger partial charge in [-0.25, -0.2) is 4.79 Å². The second-order valence-electron chi connectivity index (χ2n) is 8.10. The van der Waals surface area contributed by atoms with Gasteiger partial charge in [-0.2, -0.15) is 23.1 Å². The molecule has 1 N–H and O–H groups in total. The van der Waals surface area contributed by atoms with Gasteiger partial charge in [-0.15, -0.1) is 5.10 Å². The number of ether oxygens (including phenoxy) is 1. The van der Waals surface area contributed by atoms with Crippen molar-refractivity contribution in [2.24, 2.45) is 0 Å². The summed E-state index contributed by atoms with van der Waals surface area (Å²) in [7, 11) is 0. The van der Waals surface area contributed by atoms with E-state index in [1.54, 1.807) is 23.8 Å². The van der Waals surface area contributed by atoms with E-state index in [1.807, 2.05) is 18.2 Å². The predicted molar refractivity (Wildman–Crippen MR) is 112 cm³/mol. The fourth-order valence-electron chi connectivity index (χ4n) is 3.85. The highest BCUT2D eigenvalue weighted by atomic mass is 19.4. The fraction of sp³-hybridized carbons (Fsp3) is 0.261. The van der Waals surface area contributed by atoms with Crippen molar-refractivity contribution in [3.8, 4) is 11.4 Å². The SMILES string of the molecule is Cc1nn(-c2ccc(C(F)(F)F)cc2)nc1COc1ccc2c(ccn2C2(C(=O)O)CC2)c1. The Labute approximate surface area is 186 Å². The van der Waals surface area contributed by atoms with Crippen molar-refractivity contribution in [2.45, 2.75) is 38.1 Å². The standard InChI is InChI=1S/C23H19F3N4O3/c1-14-19(28-30(27-14)17-4-2-16(3-5-17)23(24,25)26)13-33-18-6-7-20-15(12-18)8-11-29(20)22(9-10-22)21(31)32/h2-8,11-12H,9-10,13H2,1H3,(H,31,32). The quantitative estimate of drug-likeness (QED) is 0.455. The Morgan fingerprint density at radius 3 is 2.48 bits per heavy atom. The molecule has 1 aliphatic carbocycles. The van der Waals surface area contributed by atoms with E-state index in [0.29, 0.717) is 35.7 Å². The van der Waals surface area contributed by atoms with Crippen molar-refractivity contribution in [3.05, 3.63) is 71.7 Å². The maximum atomic E-state index is 12.8. The molecule has 5 rings (SSSR count). The lowest BCUT2D eigenvalue weighted by molar-refractivity contribution is -0.142. The summed E-state index contributed by atoms with van der Waals surface area (Å²) in [4.78, 5) is 12.9. The highest BCUT2D eigenvalue weighted by Gasteiger charge is 2.52. The third kappa shape index (κ3) is 3.71. The van der Waals surface area contributed by atoms with Gasteiger partial charge in [0.1, 0.15) is 23.6 Å². The molecule has 1 saturated carbocycles. The molecule has 0 atom stereocenters. The van der Waals surface area contributed by atoms with Gasteiger partial charge in [-0.05, 0) is 68.3 Å². The van der Waals surface area contributed by atoms with Crippen molar-refractivity contribution in [1.29, 1.82) is 0 Å². The van der Waals surface area contributed by atoms with Crippen molar-refractivity contribution < 1.29 is 27.8 Å². The Kier molecular flexibility index (Phi) is 4.70. The number of hydrogen-bond acceptors (Lipinski definition) is 4. The van der Waals surface area contributed by atoms with Crippen LogP contribution < -0.4 is 4.74 Å². The third-order valence-electron chi connectivity index (χ3n) is 5.92. The van der Waals surface area contributed by atoms with Crippen LogP contribution in [0.3, 0.4) is 0 Å². The number of carbonyl (C=O) groups is 1. The molecule has 170 valence electrons. The first-order chi connectivity index (χ1) is 15.7. The van der Waals surface area contributed by atoms with Gasteiger partial charge in [-0.1, -0.05) is 0 Å². The van der Waals surface area contributed by atoms with E-state index in [9.17, 15) is 23.1 Å². The van der Waals surface area contributed by atoms with Gasteiger partial charge >= 0.3 is 12.1 Å². The van der Waals surface area contributed by atoms with E-state index >= 15 is 0 Å². The Bertz CT molecular complexity index is 1350. The van der Waals surface area contributed by atoms with E-state index in [-0.39, 0.29) is 6.61 Å². The topological polar surface area (TPSA) is 82.2 Å². The molecule has 2 heterocycles. The molecule has 0 saturated heterocycles. The van der Waals surface area contributed by atoms with Crippen molar-refractivity contribution in [2.75, 3.05) is 0 Å². The Balaban J connectivity index is 1.32. The molecular formula is C23H19F3N4O3. The first kappa shape index (κ1) is 21.0. The highest BCUT2D eigenvalue weighted by molar-refractivity contribution is 5.87. The molecule has 0 spiro atoms. The molecule has 1 aliphatic rings. The molecule has 0 aliphatic heterocycles. The first-order valence-electron chi connectivity index (χ1n) is 10.3. The molecule has 0 amide bonds. The van der Waals surface area contributed by atoms with Crippen LogP contribution in [0.25, 0.3) is 16.6 Å². The van der Waals surface area contributed by atoms with Crippen LogP contribution in [0.15, 0.2) is 54.7 Å². The molecule has 1 fully saturated rings. The molecular weight excluding hydrogens is 437 g/mol. The molecule has 2 aromatic carbocycles. The van der Waals surface area contributed by atoms with Crippen LogP contribution in [0.4, 0.5) is 13.2 Å². The summed E-state index contributed by atoms with van der Waals surface area (Å²) >= 11 is 0. The van der Waals surface area contributed by atoms with E-state index < -0.39 is 23.2 Å². The van der Waals surface area contributed by atoms with Gasteiger partial charge in [0.05, 0.1) is 16.9 Å².